The third kappa shape index (κ3) is 7.41. The van der Waals surface area contributed by atoms with Crippen LogP contribution >= 0.6 is 26.3 Å². The molecule has 4 aromatic rings. The number of aromatic nitrogens is 8. The third-order valence-electron chi connectivity index (χ3n) is 6.96. The summed E-state index contributed by atoms with van der Waals surface area (Å²) in [6, 6.07) is 0. The van der Waals surface area contributed by atoms with Crippen LogP contribution < -0.4 is 28.1 Å². The number of ether oxygens (including phenoxy) is 2. The maximum atomic E-state index is 12.1. The number of quaternary nitrogens is 1. The Labute approximate surface area is 249 Å². The zero-order valence-corrected chi connectivity index (χ0v) is 26.2. The molecule has 2 aliphatic rings. The van der Waals surface area contributed by atoms with Gasteiger partial charge < -0.3 is 55.1 Å². The number of nitrogens with zero attached hydrogens (tertiary/aromatic N) is 7. The molecule has 0 amide bonds. The molecule has 0 radical (unpaired) electrons. The van der Waals surface area contributed by atoms with E-state index in [1.54, 1.807) is 24.2 Å². The Morgan fingerprint density at radius 3 is 2.05 bits per heavy atom. The van der Waals surface area contributed by atoms with Crippen LogP contribution in [0, 0.1) is 0 Å². The first-order chi connectivity index (χ1) is 19.7. The Balaban J connectivity index is 0.000000192. The number of nitrogens with two attached hydrogens (primary N) is 2. The van der Waals surface area contributed by atoms with Gasteiger partial charge in [0.2, 0.25) is 11.9 Å². The van der Waals surface area contributed by atoms with Crippen LogP contribution in [-0.4, -0.2) is 81.2 Å². The predicted octanol–water partition coefficient (Wildman–Crippen LogP) is 1.32. The van der Waals surface area contributed by atoms with Gasteiger partial charge >= 0.3 is 0 Å². The van der Waals surface area contributed by atoms with Gasteiger partial charge in [-0.15, -0.1) is 0 Å². The van der Waals surface area contributed by atoms with Gasteiger partial charge in [0.1, 0.15) is 24.3 Å². The molecule has 2 aliphatic heterocycles. The van der Waals surface area contributed by atoms with Crippen LogP contribution in [0.2, 0.25) is 5.15 Å². The number of hydrogen-bond donors (Lipinski definition) is 5. The number of nitrogen functional groups attached to an aromatic ring is 2. The molecule has 6 heterocycles. The zero-order chi connectivity index (χ0) is 30.4. The van der Waals surface area contributed by atoms with Crippen molar-refractivity contribution in [2.24, 2.45) is 0 Å². The second kappa shape index (κ2) is 12.6. The number of anilines is 2. The van der Waals surface area contributed by atoms with E-state index in [-0.39, 0.29) is 53.6 Å². The van der Waals surface area contributed by atoms with Gasteiger partial charge in [0.25, 0.3) is 5.56 Å². The largest absolute Gasteiger partial charge is 0.777 e. The molecule has 5 atom stereocenters. The first-order valence-electron chi connectivity index (χ1n) is 12.9. The van der Waals surface area contributed by atoms with Crippen LogP contribution in [0.4, 0.5) is 11.9 Å². The molecular formula is C22H34ClN11O7P2. The highest BCUT2D eigenvalue weighted by atomic mass is 35.5. The van der Waals surface area contributed by atoms with Crippen molar-refractivity contribution in [2.45, 2.75) is 62.7 Å². The van der Waals surface area contributed by atoms with Crippen molar-refractivity contribution in [2.75, 3.05) is 24.8 Å². The lowest BCUT2D eigenvalue weighted by atomic mass is 10.2. The summed E-state index contributed by atoms with van der Waals surface area (Å²) in [6.07, 6.45) is 5.03. The first-order valence-corrected chi connectivity index (χ1v) is 17.6. The zero-order valence-electron chi connectivity index (χ0n) is 23.7. The van der Waals surface area contributed by atoms with Crippen molar-refractivity contribution in [1.29, 1.82) is 0 Å². The Bertz CT molecular complexity index is 1770. The van der Waals surface area contributed by atoms with E-state index in [0.29, 0.717) is 29.8 Å². The minimum absolute atomic E-state index is 0. The fourth-order valence-electron chi connectivity index (χ4n) is 4.94. The Kier molecular flexibility index (Phi) is 9.64. The van der Waals surface area contributed by atoms with E-state index in [1.165, 1.54) is 6.33 Å². The molecular weight excluding hydrogens is 628 g/mol. The summed E-state index contributed by atoms with van der Waals surface area (Å²) in [7, 11) is -6.71. The van der Waals surface area contributed by atoms with Gasteiger partial charge in [-0.2, -0.15) is 15.0 Å². The highest BCUT2D eigenvalue weighted by molar-refractivity contribution is 7.62. The van der Waals surface area contributed by atoms with Crippen LogP contribution in [0.25, 0.3) is 22.3 Å². The molecule has 0 aliphatic carbocycles. The van der Waals surface area contributed by atoms with E-state index in [0.717, 1.165) is 12.8 Å². The summed E-state index contributed by atoms with van der Waals surface area (Å²) in [5, 5.41) is 0.244. The molecule has 236 valence electrons. The second-order valence-corrected chi connectivity index (χ2v) is 16.0. The summed E-state index contributed by atoms with van der Waals surface area (Å²) >= 11 is 6.00. The molecule has 18 nitrogen and oxygen atoms in total. The molecule has 0 saturated carbocycles. The molecule has 4 aromatic heterocycles. The average Bonchev–Trinajstić information content (AvgIpc) is 3.67. The minimum Gasteiger partial charge on any atom is -0.777 e. The number of aromatic amines is 1. The van der Waals surface area contributed by atoms with Crippen LogP contribution in [0.3, 0.4) is 0 Å². The Morgan fingerprint density at radius 2 is 1.51 bits per heavy atom. The van der Waals surface area contributed by atoms with Gasteiger partial charge in [-0.3, -0.25) is 9.78 Å². The maximum Gasteiger partial charge on any atom is 0.280 e. The number of imidazole rings is 2. The Morgan fingerprint density at radius 1 is 0.977 bits per heavy atom. The van der Waals surface area contributed by atoms with Gasteiger partial charge in [0.15, 0.2) is 29.6 Å². The number of fused-ring (bicyclic) bond motifs is 2. The van der Waals surface area contributed by atoms with Crippen molar-refractivity contribution in [3.8, 4) is 0 Å². The topological polar surface area (TPSA) is 292 Å². The minimum atomic E-state index is -4.49. The SMILES string of the molecule is CP(C)(=O)C1CCC(Cn2cnc3c(Cl)nc(N)nc32)O1.Nc1nc2c(ncn2CC2CCC(P(=O)([O-])O)O2)c(=O)[nH]1.[NH4+]. The standard InChI is InChI=1S/C12H17ClN5O2P.C10H14N5O5P.H3N/c1-21(2,19)8-4-3-7(20-8)5-18-6-15-9-10(13)16-12(14)17-11(9)18;11-10-13-8-7(9(16)14-10)12-4-15(8)3-5-1-2-6(20-5)21(17,18)19;/h6-8H,3-5H2,1-2H3,(H2,14,16,17);4-6H,1-3H2,(H2,17,18,19)(H3,11,13,14,16);1H3. The van der Waals surface area contributed by atoms with E-state index < -0.39 is 32.2 Å². The van der Waals surface area contributed by atoms with Gasteiger partial charge in [-0.1, -0.05) is 11.6 Å². The van der Waals surface area contributed by atoms with E-state index in [9.17, 15) is 18.8 Å². The number of halogens is 1. The molecule has 0 spiro atoms. The molecule has 2 saturated heterocycles. The van der Waals surface area contributed by atoms with Gasteiger partial charge in [0, 0.05) is 0 Å². The second-order valence-electron chi connectivity index (χ2n) is 10.5. The molecule has 10 N–H and O–H groups in total. The molecule has 5 unspecified atom stereocenters. The fourth-order valence-corrected chi connectivity index (χ4v) is 7.20. The third-order valence-corrected chi connectivity index (χ3v) is 10.1. The smallest absolute Gasteiger partial charge is 0.280 e. The number of hydrogen-bond acceptors (Lipinski definition) is 13. The quantitative estimate of drug-likeness (QED) is 0.144. The number of rotatable bonds is 6. The van der Waals surface area contributed by atoms with Gasteiger partial charge in [-0.05, 0) is 39.0 Å². The van der Waals surface area contributed by atoms with Crippen molar-refractivity contribution in [1.82, 2.24) is 45.2 Å². The van der Waals surface area contributed by atoms with Crippen molar-refractivity contribution < 1.29 is 28.4 Å². The highest BCUT2D eigenvalue weighted by Gasteiger charge is 2.34. The number of nitrogens with one attached hydrogen (secondary N) is 1. The van der Waals surface area contributed by atoms with Crippen molar-refractivity contribution in [3.05, 3.63) is 28.2 Å². The predicted molar refractivity (Wildman–Crippen MR) is 158 cm³/mol. The lowest BCUT2D eigenvalue weighted by Crippen LogP contribution is -2.21. The van der Waals surface area contributed by atoms with E-state index in [1.807, 2.05) is 4.57 Å². The fraction of sp³-hybridized carbons (Fsp3) is 0.545. The van der Waals surface area contributed by atoms with Crippen molar-refractivity contribution in [3.63, 3.8) is 0 Å². The lowest BCUT2D eigenvalue weighted by Gasteiger charge is -2.23. The molecule has 21 heteroatoms. The molecule has 0 bridgehead atoms. The molecule has 6 rings (SSSR count). The molecule has 43 heavy (non-hydrogen) atoms. The normalized spacial score (nSPS) is 23.6. The average molecular weight is 662 g/mol. The van der Waals surface area contributed by atoms with E-state index in [2.05, 4.69) is 29.9 Å². The highest BCUT2D eigenvalue weighted by Crippen LogP contribution is 2.49. The van der Waals surface area contributed by atoms with Crippen LogP contribution in [0.15, 0.2) is 17.4 Å². The maximum absolute atomic E-state index is 12.1. The van der Waals surface area contributed by atoms with Crippen LogP contribution in [0.5, 0.6) is 0 Å². The summed E-state index contributed by atoms with van der Waals surface area (Å²) < 4.78 is 37.7. The lowest BCUT2D eigenvalue weighted by molar-refractivity contribution is -0.204. The Hall–Kier alpha value is -2.95. The van der Waals surface area contributed by atoms with Crippen molar-refractivity contribution >= 4 is 60.6 Å². The summed E-state index contributed by atoms with van der Waals surface area (Å²) in [5.41, 5.74) is 12.2. The summed E-state index contributed by atoms with van der Waals surface area (Å²) in [5.74, 6) is -1.25. The van der Waals surface area contributed by atoms with E-state index in [4.69, 9.17) is 37.4 Å². The van der Waals surface area contributed by atoms with E-state index >= 15 is 0 Å². The van der Waals surface area contributed by atoms with Gasteiger partial charge in [-0.25, -0.2) is 9.97 Å². The summed E-state index contributed by atoms with van der Waals surface area (Å²) in [6.45, 7) is 4.38. The monoisotopic (exact) mass is 661 g/mol. The molecule has 2 fully saturated rings. The van der Waals surface area contributed by atoms with Crippen LogP contribution in [-0.2, 0) is 31.7 Å². The summed E-state index contributed by atoms with van der Waals surface area (Å²) in [4.78, 5) is 54.2. The van der Waals surface area contributed by atoms with Gasteiger partial charge in [0.05, 0.1) is 38.0 Å². The van der Waals surface area contributed by atoms with Crippen LogP contribution in [0.1, 0.15) is 25.7 Å². The number of H-pyrrole nitrogens is 1. The first kappa shape index (κ1) is 33.0. The molecule has 0 aromatic carbocycles.